The number of para-hydroxylation sites is 1. The van der Waals surface area contributed by atoms with E-state index in [4.69, 9.17) is 5.73 Å². The van der Waals surface area contributed by atoms with E-state index in [-0.39, 0.29) is 0 Å². The lowest BCUT2D eigenvalue weighted by Gasteiger charge is -1.95. The summed E-state index contributed by atoms with van der Waals surface area (Å²) in [5, 5.41) is 7.84. The molecule has 0 bridgehead atoms. The van der Waals surface area contributed by atoms with E-state index in [1.165, 1.54) is 0 Å². The molecule has 5 heteroatoms. The van der Waals surface area contributed by atoms with Gasteiger partial charge >= 0.3 is 0 Å². The zero-order valence-electron chi connectivity index (χ0n) is 9.04. The SMILES string of the molecule is CCn1cc(C(N)=Nc2ccccc2)nn1. The molecule has 1 aromatic heterocycles. The molecule has 0 saturated heterocycles. The van der Waals surface area contributed by atoms with Crippen molar-refractivity contribution in [3.63, 3.8) is 0 Å². The highest BCUT2D eigenvalue weighted by Gasteiger charge is 2.03. The second-order valence-corrected chi connectivity index (χ2v) is 3.29. The summed E-state index contributed by atoms with van der Waals surface area (Å²) in [5.41, 5.74) is 7.24. The average molecular weight is 215 g/mol. The Morgan fingerprint density at radius 2 is 2.12 bits per heavy atom. The van der Waals surface area contributed by atoms with Gasteiger partial charge in [0.2, 0.25) is 0 Å². The Labute approximate surface area is 93.6 Å². The molecule has 0 amide bonds. The molecule has 2 aromatic rings. The number of benzene rings is 1. The monoisotopic (exact) mass is 215 g/mol. The molecule has 0 unspecified atom stereocenters. The standard InChI is InChI=1S/C11H13N5/c1-2-16-8-10(14-15-16)11(12)13-9-6-4-3-5-7-9/h3-8H,2H2,1H3,(H2,12,13). The molecule has 5 nitrogen and oxygen atoms in total. The van der Waals surface area contributed by atoms with Crippen LogP contribution in [0.3, 0.4) is 0 Å². The lowest BCUT2D eigenvalue weighted by atomic mass is 10.3. The van der Waals surface area contributed by atoms with Crippen molar-refractivity contribution in [2.45, 2.75) is 13.5 Å². The van der Waals surface area contributed by atoms with Crippen LogP contribution in [0.25, 0.3) is 0 Å². The van der Waals surface area contributed by atoms with E-state index in [0.717, 1.165) is 12.2 Å². The minimum atomic E-state index is 0.380. The van der Waals surface area contributed by atoms with Crippen LogP contribution in [0.5, 0.6) is 0 Å². The third kappa shape index (κ3) is 2.25. The number of rotatable bonds is 3. The zero-order valence-corrected chi connectivity index (χ0v) is 9.04. The van der Waals surface area contributed by atoms with Gasteiger partial charge in [-0.15, -0.1) is 5.10 Å². The maximum atomic E-state index is 5.83. The van der Waals surface area contributed by atoms with Crippen molar-refractivity contribution < 1.29 is 0 Å². The average Bonchev–Trinajstić information content (AvgIpc) is 2.79. The molecule has 0 aliphatic rings. The van der Waals surface area contributed by atoms with Gasteiger partial charge < -0.3 is 5.73 Å². The summed E-state index contributed by atoms with van der Waals surface area (Å²) < 4.78 is 1.71. The fourth-order valence-corrected chi connectivity index (χ4v) is 1.27. The van der Waals surface area contributed by atoms with Crippen molar-refractivity contribution in [1.29, 1.82) is 0 Å². The summed E-state index contributed by atoms with van der Waals surface area (Å²) in [4.78, 5) is 4.26. The first-order chi connectivity index (χ1) is 7.79. The van der Waals surface area contributed by atoms with Crippen LogP contribution < -0.4 is 5.73 Å². The van der Waals surface area contributed by atoms with Crippen molar-refractivity contribution in [2.24, 2.45) is 10.7 Å². The van der Waals surface area contributed by atoms with Crippen molar-refractivity contribution in [1.82, 2.24) is 15.0 Å². The number of aryl methyl sites for hydroxylation is 1. The quantitative estimate of drug-likeness (QED) is 0.620. The minimum Gasteiger partial charge on any atom is -0.382 e. The van der Waals surface area contributed by atoms with Crippen LogP contribution in [0.2, 0.25) is 0 Å². The Hall–Kier alpha value is -2.17. The first kappa shape index (κ1) is 10.4. The minimum absolute atomic E-state index is 0.380. The Balaban J connectivity index is 2.25. The maximum Gasteiger partial charge on any atom is 0.153 e. The van der Waals surface area contributed by atoms with Crippen LogP contribution in [0, 0.1) is 0 Å². The van der Waals surface area contributed by atoms with E-state index in [0.29, 0.717) is 11.5 Å². The summed E-state index contributed by atoms with van der Waals surface area (Å²) >= 11 is 0. The van der Waals surface area contributed by atoms with Crippen molar-refractivity contribution in [3.8, 4) is 0 Å². The van der Waals surface area contributed by atoms with Crippen LogP contribution in [-0.2, 0) is 6.54 Å². The van der Waals surface area contributed by atoms with Gasteiger partial charge in [0.05, 0.1) is 11.9 Å². The molecule has 0 fully saturated rings. The van der Waals surface area contributed by atoms with Gasteiger partial charge in [-0.1, -0.05) is 23.4 Å². The highest BCUT2D eigenvalue weighted by Crippen LogP contribution is 2.10. The highest BCUT2D eigenvalue weighted by atomic mass is 15.4. The summed E-state index contributed by atoms with van der Waals surface area (Å²) in [6.45, 7) is 2.76. The number of nitrogens with two attached hydrogens (primary N) is 1. The molecule has 2 N–H and O–H groups in total. The second-order valence-electron chi connectivity index (χ2n) is 3.29. The van der Waals surface area contributed by atoms with E-state index in [2.05, 4.69) is 15.3 Å². The van der Waals surface area contributed by atoms with Crippen LogP contribution >= 0.6 is 0 Å². The van der Waals surface area contributed by atoms with Gasteiger partial charge in [-0.3, -0.25) is 4.68 Å². The molecular weight excluding hydrogens is 202 g/mol. The van der Waals surface area contributed by atoms with Gasteiger partial charge in [-0.25, -0.2) is 4.99 Å². The Kier molecular flexibility index (Phi) is 2.95. The molecule has 0 aliphatic heterocycles. The molecule has 0 radical (unpaired) electrons. The van der Waals surface area contributed by atoms with Crippen molar-refractivity contribution >= 4 is 11.5 Å². The van der Waals surface area contributed by atoms with Crippen LogP contribution in [0.4, 0.5) is 5.69 Å². The third-order valence-corrected chi connectivity index (χ3v) is 2.13. The second kappa shape index (κ2) is 4.57. The largest absolute Gasteiger partial charge is 0.382 e. The molecule has 82 valence electrons. The Bertz CT molecular complexity index is 486. The summed E-state index contributed by atoms with van der Waals surface area (Å²) in [6.07, 6.45) is 1.78. The molecular formula is C11H13N5. The van der Waals surface area contributed by atoms with Gasteiger partial charge in [0.1, 0.15) is 5.69 Å². The predicted octanol–water partition coefficient (Wildman–Crippen LogP) is 1.33. The predicted molar refractivity (Wildman–Crippen MR) is 62.5 cm³/mol. The lowest BCUT2D eigenvalue weighted by molar-refractivity contribution is 0.627. The van der Waals surface area contributed by atoms with Crippen LogP contribution in [0.1, 0.15) is 12.6 Å². The molecule has 1 heterocycles. The number of nitrogens with zero attached hydrogens (tertiary/aromatic N) is 4. The van der Waals surface area contributed by atoms with Gasteiger partial charge in [0.25, 0.3) is 0 Å². The van der Waals surface area contributed by atoms with Gasteiger partial charge in [0, 0.05) is 6.54 Å². The van der Waals surface area contributed by atoms with Gasteiger partial charge in [-0.05, 0) is 19.1 Å². The molecule has 16 heavy (non-hydrogen) atoms. The van der Waals surface area contributed by atoms with E-state index in [9.17, 15) is 0 Å². The lowest BCUT2D eigenvalue weighted by Crippen LogP contribution is -2.13. The molecule has 0 atom stereocenters. The topological polar surface area (TPSA) is 69.1 Å². The Morgan fingerprint density at radius 1 is 1.38 bits per heavy atom. The fraction of sp³-hybridized carbons (Fsp3) is 0.182. The van der Waals surface area contributed by atoms with Crippen LogP contribution in [-0.4, -0.2) is 20.8 Å². The van der Waals surface area contributed by atoms with Gasteiger partial charge in [0.15, 0.2) is 5.84 Å². The normalized spacial score (nSPS) is 11.7. The smallest absolute Gasteiger partial charge is 0.153 e. The van der Waals surface area contributed by atoms with Gasteiger partial charge in [-0.2, -0.15) is 0 Å². The highest BCUT2D eigenvalue weighted by molar-refractivity contribution is 5.96. The molecule has 1 aromatic carbocycles. The van der Waals surface area contributed by atoms with E-state index in [1.54, 1.807) is 10.9 Å². The van der Waals surface area contributed by atoms with E-state index in [1.807, 2.05) is 37.3 Å². The maximum absolute atomic E-state index is 5.83. The van der Waals surface area contributed by atoms with Crippen molar-refractivity contribution in [3.05, 3.63) is 42.2 Å². The summed E-state index contributed by atoms with van der Waals surface area (Å²) in [7, 11) is 0. The summed E-state index contributed by atoms with van der Waals surface area (Å²) in [6, 6.07) is 9.53. The number of aromatic nitrogens is 3. The third-order valence-electron chi connectivity index (χ3n) is 2.13. The molecule has 2 rings (SSSR count). The first-order valence-corrected chi connectivity index (χ1v) is 5.09. The van der Waals surface area contributed by atoms with Crippen molar-refractivity contribution in [2.75, 3.05) is 0 Å². The van der Waals surface area contributed by atoms with E-state index < -0.39 is 0 Å². The first-order valence-electron chi connectivity index (χ1n) is 5.09. The summed E-state index contributed by atoms with van der Waals surface area (Å²) in [5.74, 6) is 0.380. The van der Waals surface area contributed by atoms with Crippen LogP contribution in [0.15, 0.2) is 41.5 Å². The fourth-order valence-electron chi connectivity index (χ4n) is 1.27. The number of hydrogen-bond donors (Lipinski definition) is 1. The molecule has 0 spiro atoms. The molecule has 0 aliphatic carbocycles. The zero-order chi connectivity index (χ0) is 11.4. The Morgan fingerprint density at radius 3 is 2.75 bits per heavy atom. The van der Waals surface area contributed by atoms with E-state index >= 15 is 0 Å². The molecule has 0 saturated carbocycles. The number of amidine groups is 1. The number of hydrogen-bond acceptors (Lipinski definition) is 3. The number of aliphatic imine (C=N–C) groups is 1.